The monoisotopic (exact) mass is 658 g/mol. The van der Waals surface area contributed by atoms with Gasteiger partial charge in [0.05, 0.1) is 18.6 Å². The van der Waals surface area contributed by atoms with Crippen LogP contribution in [0.4, 0.5) is 57.1 Å². The molecule has 0 heterocycles. The number of carbonyl (C=O) groups is 2. The lowest BCUT2D eigenvalue weighted by molar-refractivity contribution is -0.440. The predicted octanol–water partition coefficient (Wildman–Crippen LogP) is 8.98. The highest BCUT2D eigenvalue weighted by Crippen LogP contribution is 2.60. The number of hydrogen-bond donors (Lipinski definition) is 0. The number of benzene rings is 2. The quantitative estimate of drug-likeness (QED) is 0.123. The van der Waals surface area contributed by atoms with Crippen LogP contribution in [-0.2, 0) is 9.53 Å². The lowest BCUT2D eigenvalue weighted by Gasteiger charge is -2.39. The van der Waals surface area contributed by atoms with Gasteiger partial charge in [0.2, 0.25) is 0 Å². The molecule has 4 nitrogen and oxygen atoms in total. The van der Waals surface area contributed by atoms with Gasteiger partial charge in [0.25, 0.3) is 0 Å². The number of ether oxygens (including phenoxy) is 2. The molecule has 0 saturated heterocycles. The molecule has 0 aliphatic heterocycles. The van der Waals surface area contributed by atoms with Crippen LogP contribution in [0.3, 0.4) is 0 Å². The average Bonchev–Trinajstić information content (AvgIpc) is 2.94. The summed E-state index contributed by atoms with van der Waals surface area (Å²) in [5.41, 5.74) is 1.26. The molecule has 44 heavy (non-hydrogen) atoms. The van der Waals surface area contributed by atoms with E-state index in [1.807, 2.05) is 13.8 Å². The smallest absolute Gasteiger partial charge is 0.460 e. The molecule has 0 aromatic heterocycles. The molecule has 0 bridgehead atoms. The van der Waals surface area contributed by atoms with Crippen molar-refractivity contribution in [1.82, 2.24) is 0 Å². The van der Waals surface area contributed by atoms with Crippen molar-refractivity contribution in [3.63, 3.8) is 0 Å². The van der Waals surface area contributed by atoms with E-state index < -0.39 is 60.6 Å². The van der Waals surface area contributed by atoms with Crippen LogP contribution in [0, 0.1) is 5.92 Å². The second kappa shape index (κ2) is 12.8. The van der Waals surface area contributed by atoms with E-state index in [0.29, 0.717) is 11.1 Å². The van der Waals surface area contributed by atoms with E-state index in [2.05, 4.69) is 4.74 Å². The van der Waals surface area contributed by atoms with Gasteiger partial charge in [-0.3, -0.25) is 4.79 Å². The van der Waals surface area contributed by atoms with Crippen molar-refractivity contribution in [3.8, 4) is 16.9 Å². The van der Waals surface area contributed by atoms with Gasteiger partial charge in [0, 0.05) is 6.42 Å². The van der Waals surface area contributed by atoms with Gasteiger partial charge < -0.3 is 9.47 Å². The Hall–Kier alpha value is -3.53. The Morgan fingerprint density at radius 2 is 1.14 bits per heavy atom. The van der Waals surface area contributed by atoms with Gasteiger partial charge in [0.1, 0.15) is 5.75 Å². The molecule has 0 saturated carbocycles. The highest BCUT2D eigenvalue weighted by molar-refractivity contribution is 5.90. The van der Waals surface area contributed by atoms with Gasteiger partial charge >= 0.3 is 47.7 Å². The van der Waals surface area contributed by atoms with Crippen LogP contribution in [0.15, 0.2) is 48.5 Å². The van der Waals surface area contributed by atoms with Crippen molar-refractivity contribution < 1.29 is 76.1 Å². The van der Waals surface area contributed by atoms with Gasteiger partial charge in [-0.25, -0.2) is 4.79 Å². The van der Waals surface area contributed by atoms with Crippen molar-refractivity contribution in [2.45, 2.75) is 68.9 Å². The molecule has 0 aliphatic carbocycles. The number of halogens is 13. The Morgan fingerprint density at radius 3 is 1.59 bits per heavy atom. The van der Waals surface area contributed by atoms with Gasteiger partial charge in [-0.05, 0) is 41.3 Å². The van der Waals surface area contributed by atoms with Gasteiger partial charge in [-0.15, -0.1) is 0 Å². The Bertz CT molecular complexity index is 1290. The molecule has 1 atom stereocenters. The molecular formula is C27H23F13O4. The predicted molar refractivity (Wildman–Crippen MR) is 127 cm³/mol. The molecule has 2 aromatic rings. The first-order chi connectivity index (χ1) is 19.9. The normalized spacial score (nSPS) is 14.2. The van der Waals surface area contributed by atoms with Crippen molar-refractivity contribution in [2.75, 3.05) is 6.61 Å². The number of carbonyl (C=O) groups excluding carboxylic acids is 2. The standard InChI is InChI=1S/C27H23F13O4/c1-3-15(2)14-43-21(42)18-6-4-16(5-7-18)17-8-10-19(11-9-17)44-20(41)12-13-22(28,29)23(30,31)24(32,33)25(34,35)26(36,37)27(38,39)40/h4-11,15H,3,12-14H2,1-2H3/t15-/m0/s1. The molecule has 0 spiro atoms. The Kier molecular flexibility index (Phi) is 10.7. The number of rotatable bonds is 13. The van der Waals surface area contributed by atoms with Gasteiger partial charge in [0.15, 0.2) is 0 Å². The third-order valence-corrected chi connectivity index (χ3v) is 6.38. The molecule has 0 amide bonds. The van der Waals surface area contributed by atoms with E-state index in [0.717, 1.165) is 18.6 Å². The highest BCUT2D eigenvalue weighted by atomic mass is 19.4. The zero-order valence-corrected chi connectivity index (χ0v) is 22.6. The van der Waals surface area contributed by atoms with E-state index in [1.54, 1.807) is 0 Å². The first kappa shape index (κ1) is 36.7. The summed E-state index contributed by atoms with van der Waals surface area (Å²) in [7, 11) is 0. The summed E-state index contributed by atoms with van der Waals surface area (Å²) in [4.78, 5) is 23.9. The fourth-order valence-electron chi connectivity index (χ4n) is 3.33. The molecule has 2 rings (SSSR count). The summed E-state index contributed by atoms with van der Waals surface area (Å²) in [6.07, 6.45) is -11.3. The summed E-state index contributed by atoms with van der Waals surface area (Å²) in [5.74, 6) is -40.2. The molecule has 17 heteroatoms. The molecule has 0 unspecified atom stereocenters. The number of esters is 2. The molecule has 246 valence electrons. The topological polar surface area (TPSA) is 52.6 Å². The van der Waals surface area contributed by atoms with Crippen LogP contribution in [0.25, 0.3) is 11.1 Å². The molecule has 0 aliphatic rings. The van der Waals surface area contributed by atoms with Gasteiger partial charge in [-0.2, -0.15) is 57.1 Å². The molecular weight excluding hydrogens is 635 g/mol. The third-order valence-electron chi connectivity index (χ3n) is 6.38. The average molecular weight is 658 g/mol. The van der Waals surface area contributed by atoms with E-state index in [1.165, 1.54) is 36.4 Å². The fraction of sp³-hybridized carbons (Fsp3) is 0.481. The Balaban J connectivity index is 2.07. The zero-order valence-electron chi connectivity index (χ0n) is 22.6. The third kappa shape index (κ3) is 7.22. The van der Waals surface area contributed by atoms with Crippen LogP contribution >= 0.6 is 0 Å². The minimum Gasteiger partial charge on any atom is -0.462 e. The maximum atomic E-state index is 13.9. The second-order valence-corrected chi connectivity index (χ2v) is 9.69. The molecule has 2 aromatic carbocycles. The van der Waals surface area contributed by atoms with Crippen LogP contribution in [0.2, 0.25) is 0 Å². The fourth-order valence-corrected chi connectivity index (χ4v) is 3.33. The first-order valence-electron chi connectivity index (χ1n) is 12.5. The summed E-state index contributed by atoms with van der Waals surface area (Å²) in [6, 6.07) is 10.8. The van der Waals surface area contributed by atoms with E-state index >= 15 is 0 Å². The second-order valence-electron chi connectivity index (χ2n) is 9.69. The highest BCUT2D eigenvalue weighted by Gasteiger charge is 2.90. The van der Waals surface area contributed by atoms with Crippen LogP contribution < -0.4 is 4.74 Å². The van der Waals surface area contributed by atoms with E-state index in [9.17, 15) is 66.7 Å². The van der Waals surface area contributed by atoms with E-state index in [4.69, 9.17) is 4.74 Å². The van der Waals surface area contributed by atoms with Crippen LogP contribution in [0.5, 0.6) is 5.75 Å². The van der Waals surface area contributed by atoms with Crippen molar-refractivity contribution in [2.24, 2.45) is 5.92 Å². The molecule has 0 radical (unpaired) electrons. The molecule has 0 N–H and O–H groups in total. The Morgan fingerprint density at radius 1 is 0.682 bits per heavy atom. The minimum absolute atomic E-state index is 0.161. The minimum atomic E-state index is -8.01. The number of hydrogen-bond acceptors (Lipinski definition) is 4. The van der Waals surface area contributed by atoms with Crippen molar-refractivity contribution >= 4 is 11.9 Å². The lowest BCUT2D eigenvalue weighted by atomic mass is 9.92. The molecule has 0 fully saturated rings. The SMILES string of the molecule is CC[C@H](C)COC(=O)c1ccc(-c2ccc(OC(=O)CCC(F)(F)C(F)(F)C(F)(F)C(F)(F)C(F)(F)C(F)(F)F)cc2)cc1. The zero-order chi connectivity index (χ0) is 33.9. The van der Waals surface area contributed by atoms with Crippen molar-refractivity contribution in [1.29, 1.82) is 0 Å². The summed E-state index contributed by atoms with van der Waals surface area (Å²) >= 11 is 0. The van der Waals surface area contributed by atoms with Crippen LogP contribution in [0.1, 0.15) is 43.5 Å². The first-order valence-corrected chi connectivity index (χ1v) is 12.5. The Labute approximate surface area is 241 Å². The van der Waals surface area contributed by atoms with E-state index in [-0.39, 0.29) is 23.8 Å². The largest absolute Gasteiger partial charge is 0.462 e. The van der Waals surface area contributed by atoms with Crippen LogP contribution in [-0.4, -0.2) is 54.3 Å². The maximum absolute atomic E-state index is 13.9. The number of alkyl halides is 13. The van der Waals surface area contributed by atoms with Gasteiger partial charge in [-0.1, -0.05) is 44.5 Å². The van der Waals surface area contributed by atoms with Crippen molar-refractivity contribution in [3.05, 3.63) is 54.1 Å². The maximum Gasteiger partial charge on any atom is 0.460 e. The summed E-state index contributed by atoms with van der Waals surface area (Å²) < 4.78 is 181. The lowest BCUT2D eigenvalue weighted by Crippen LogP contribution is -2.70. The summed E-state index contributed by atoms with van der Waals surface area (Å²) in [5, 5.41) is 0. The summed E-state index contributed by atoms with van der Waals surface area (Å²) in [6.45, 7) is 4.05.